The zero-order chi connectivity index (χ0) is 30.0. The van der Waals surface area contributed by atoms with E-state index in [2.05, 4.69) is 5.32 Å². The number of halogens is 1. The number of amides is 2. The summed E-state index contributed by atoms with van der Waals surface area (Å²) in [4.78, 5) is 28.7. The maximum atomic E-state index is 14.1. The molecule has 3 rings (SSSR count). The van der Waals surface area contributed by atoms with Crippen molar-refractivity contribution in [3.05, 3.63) is 89.7 Å². The summed E-state index contributed by atoms with van der Waals surface area (Å²) in [5.74, 6) is -0.933. The maximum Gasteiger partial charge on any atom is 0.264 e. The third-order valence-electron chi connectivity index (χ3n) is 6.86. The summed E-state index contributed by atoms with van der Waals surface area (Å²) in [6.07, 6.45) is 2.03. The van der Waals surface area contributed by atoms with Gasteiger partial charge in [0.1, 0.15) is 24.2 Å². The number of rotatable bonds is 14. The van der Waals surface area contributed by atoms with Gasteiger partial charge >= 0.3 is 0 Å². The van der Waals surface area contributed by atoms with Crippen molar-refractivity contribution in [2.45, 2.75) is 57.5 Å². The highest BCUT2D eigenvalue weighted by Crippen LogP contribution is 2.26. The van der Waals surface area contributed by atoms with Gasteiger partial charge in [0.2, 0.25) is 11.8 Å². The van der Waals surface area contributed by atoms with Gasteiger partial charge in [-0.15, -0.1) is 0 Å². The van der Waals surface area contributed by atoms with Crippen molar-refractivity contribution in [1.82, 2.24) is 10.2 Å². The van der Waals surface area contributed by atoms with E-state index in [9.17, 15) is 22.4 Å². The van der Waals surface area contributed by atoms with Crippen molar-refractivity contribution >= 4 is 27.5 Å². The van der Waals surface area contributed by atoms with Crippen LogP contribution in [-0.4, -0.2) is 51.4 Å². The standard InChI is InChI=1S/C31H38FN3O5S/c1-5-7-20-33-31(37)29(6-2)34(21-24-11-9-8-10-23(24)3)30(36)22-35(26-14-12-25(32)13-15-26)41(38,39)28-18-16-27(40-4)17-19-28/h8-19,29H,5-7,20-22H2,1-4H3,(H,33,37). The number of aryl methyl sites for hydroxylation is 1. The molecular formula is C31H38FN3O5S. The number of unbranched alkanes of at least 4 members (excludes halogenated alkanes) is 1. The van der Waals surface area contributed by atoms with Gasteiger partial charge in [-0.3, -0.25) is 13.9 Å². The molecule has 0 aliphatic rings. The van der Waals surface area contributed by atoms with Crippen LogP contribution in [0.5, 0.6) is 5.75 Å². The average Bonchev–Trinajstić information content (AvgIpc) is 2.97. The molecule has 41 heavy (non-hydrogen) atoms. The molecule has 0 heterocycles. The van der Waals surface area contributed by atoms with Gasteiger partial charge in [0.05, 0.1) is 17.7 Å². The second-order valence-corrected chi connectivity index (χ2v) is 11.5. The molecule has 0 fully saturated rings. The van der Waals surface area contributed by atoms with Crippen LogP contribution in [0.25, 0.3) is 0 Å². The van der Waals surface area contributed by atoms with Crippen LogP contribution in [0.2, 0.25) is 0 Å². The van der Waals surface area contributed by atoms with Gasteiger partial charge in [-0.2, -0.15) is 0 Å². The first-order chi connectivity index (χ1) is 19.6. The van der Waals surface area contributed by atoms with Crippen molar-refractivity contribution in [3.8, 4) is 5.75 Å². The van der Waals surface area contributed by atoms with Crippen LogP contribution >= 0.6 is 0 Å². The highest BCUT2D eigenvalue weighted by molar-refractivity contribution is 7.92. The van der Waals surface area contributed by atoms with E-state index in [0.717, 1.165) is 40.4 Å². The highest BCUT2D eigenvalue weighted by atomic mass is 32.2. The quantitative estimate of drug-likeness (QED) is 0.268. The molecule has 0 radical (unpaired) electrons. The number of nitrogens with zero attached hydrogens (tertiary/aromatic N) is 2. The van der Waals surface area contributed by atoms with E-state index in [1.165, 1.54) is 48.4 Å². The second kappa shape index (κ2) is 14.6. The summed E-state index contributed by atoms with van der Waals surface area (Å²) < 4.78 is 47.6. The largest absolute Gasteiger partial charge is 0.497 e. The Morgan fingerprint density at radius 2 is 1.63 bits per heavy atom. The van der Waals surface area contributed by atoms with E-state index < -0.39 is 34.3 Å². The number of sulfonamides is 1. The highest BCUT2D eigenvalue weighted by Gasteiger charge is 2.33. The van der Waals surface area contributed by atoms with Crippen LogP contribution < -0.4 is 14.4 Å². The number of carbonyl (C=O) groups is 2. The first-order valence-corrected chi connectivity index (χ1v) is 15.1. The summed E-state index contributed by atoms with van der Waals surface area (Å²) in [6, 6.07) is 17.4. The Bertz CT molecular complexity index is 1410. The fourth-order valence-corrected chi connectivity index (χ4v) is 5.82. The summed E-state index contributed by atoms with van der Waals surface area (Å²) in [5.41, 5.74) is 1.90. The summed E-state index contributed by atoms with van der Waals surface area (Å²) in [5, 5.41) is 2.91. The zero-order valence-corrected chi connectivity index (χ0v) is 24.8. The number of ether oxygens (including phenoxy) is 1. The molecule has 1 unspecified atom stereocenters. The number of nitrogens with one attached hydrogen (secondary N) is 1. The molecule has 2 amide bonds. The lowest BCUT2D eigenvalue weighted by Crippen LogP contribution is -2.52. The molecule has 220 valence electrons. The normalized spacial score (nSPS) is 11.9. The molecule has 0 saturated carbocycles. The molecule has 3 aromatic rings. The van der Waals surface area contributed by atoms with Crippen molar-refractivity contribution in [1.29, 1.82) is 0 Å². The minimum atomic E-state index is -4.26. The maximum absolute atomic E-state index is 14.1. The van der Waals surface area contributed by atoms with E-state index in [4.69, 9.17) is 4.74 Å². The van der Waals surface area contributed by atoms with Gasteiger partial charge in [0, 0.05) is 13.1 Å². The minimum absolute atomic E-state index is 0.0646. The topological polar surface area (TPSA) is 96.0 Å². The Morgan fingerprint density at radius 1 is 0.976 bits per heavy atom. The third-order valence-corrected chi connectivity index (χ3v) is 8.65. The first kappa shape index (κ1) is 31.6. The molecule has 0 aliphatic heterocycles. The third kappa shape index (κ3) is 8.07. The smallest absolute Gasteiger partial charge is 0.264 e. The molecule has 1 N–H and O–H groups in total. The zero-order valence-electron chi connectivity index (χ0n) is 24.0. The van der Waals surface area contributed by atoms with E-state index in [0.29, 0.717) is 18.7 Å². The van der Waals surface area contributed by atoms with Gasteiger partial charge in [-0.1, -0.05) is 44.5 Å². The molecule has 0 saturated heterocycles. The van der Waals surface area contributed by atoms with Crippen LogP contribution in [0.4, 0.5) is 10.1 Å². The number of methoxy groups -OCH3 is 1. The first-order valence-electron chi connectivity index (χ1n) is 13.7. The number of anilines is 1. The van der Waals surface area contributed by atoms with Gasteiger partial charge in [0.25, 0.3) is 10.0 Å². The Kier molecular flexibility index (Phi) is 11.3. The lowest BCUT2D eigenvalue weighted by atomic mass is 10.1. The molecule has 1 atom stereocenters. The Hall–Kier alpha value is -3.92. The van der Waals surface area contributed by atoms with Crippen LogP contribution in [0.15, 0.2) is 77.7 Å². The van der Waals surface area contributed by atoms with E-state index in [1.807, 2.05) is 45.0 Å². The Morgan fingerprint density at radius 3 is 2.22 bits per heavy atom. The van der Waals surface area contributed by atoms with Crippen LogP contribution in [-0.2, 0) is 26.2 Å². The molecule has 0 spiro atoms. The lowest BCUT2D eigenvalue weighted by molar-refractivity contribution is -0.140. The summed E-state index contributed by atoms with van der Waals surface area (Å²) in [6.45, 7) is 5.75. The van der Waals surface area contributed by atoms with Gasteiger partial charge in [-0.25, -0.2) is 12.8 Å². The van der Waals surface area contributed by atoms with Gasteiger partial charge < -0.3 is 15.0 Å². The lowest BCUT2D eigenvalue weighted by Gasteiger charge is -2.33. The number of carbonyl (C=O) groups excluding carboxylic acids is 2. The Labute approximate surface area is 242 Å². The monoisotopic (exact) mass is 583 g/mol. The van der Waals surface area contributed by atoms with E-state index in [-0.39, 0.29) is 23.0 Å². The van der Waals surface area contributed by atoms with Crippen molar-refractivity contribution < 1.29 is 27.1 Å². The van der Waals surface area contributed by atoms with Crippen molar-refractivity contribution in [2.75, 3.05) is 24.5 Å². The SMILES string of the molecule is CCCCNC(=O)C(CC)N(Cc1ccccc1C)C(=O)CN(c1ccc(F)cc1)S(=O)(=O)c1ccc(OC)cc1. The summed E-state index contributed by atoms with van der Waals surface area (Å²) >= 11 is 0. The summed E-state index contributed by atoms with van der Waals surface area (Å²) in [7, 11) is -2.79. The predicted octanol–water partition coefficient (Wildman–Crippen LogP) is 5.06. The van der Waals surface area contributed by atoms with E-state index >= 15 is 0 Å². The molecule has 0 aromatic heterocycles. The van der Waals surface area contributed by atoms with Gasteiger partial charge in [-0.05, 0) is 79.4 Å². The second-order valence-electron chi connectivity index (χ2n) is 9.68. The molecule has 10 heteroatoms. The molecule has 8 nitrogen and oxygen atoms in total. The molecule has 0 aliphatic carbocycles. The van der Waals surface area contributed by atoms with Crippen LogP contribution in [0.1, 0.15) is 44.2 Å². The van der Waals surface area contributed by atoms with E-state index in [1.54, 1.807) is 0 Å². The fraction of sp³-hybridized carbons (Fsp3) is 0.355. The number of benzene rings is 3. The number of hydrogen-bond donors (Lipinski definition) is 1. The van der Waals surface area contributed by atoms with Crippen molar-refractivity contribution in [3.63, 3.8) is 0 Å². The molecule has 3 aromatic carbocycles. The fourth-order valence-electron chi connectivity index (χ4n) is 4.41. The van der Waals surface area contributed by atoms with Crippen LogP contribution in [0, 0.1) is 12.7 Å². The van der Waals surface area contributed by atoms with Crippen molar-refractivity contribution in [2.24, 2.45) is 0 Å². The Balaban J connectivity index is 2.04. The van der Waals surface area contributed by atoms with Gasteiger partial charge in [0.15, 0.2) is 0 Å². The van der Waals surface area contributed by atoms with Crippen LogP contribution in [0.3, 0.4) is 0 Å². The average molecular weight is 584 g/mol. The molecular weight excluding hydrogens is 545 g/mol. The predicted molar refractivity (Wildman–Crippen MR) is 158 cm³/mol. The molecule has 0 bridgehead atoms. The number of hydrogen-bond acceptors (Lipinski definition) is 5. The minimum Gasteiger partial charge on any atom is -0.497 e.